The lowest BCUT2D eigenvalue weighted by molar-refractivity contribution is 0.0891. The summed E-state index contributed by atoms with van der Waals surface area (Å²) in [6, 6.07) is 5.22. The number of Topliss-reactive ketones (excluding diaryl/α,β-unsaturated/α-hetero) is 1. The Morgan fingerprint density at radius 1 is 1.19 bits per heavy atom. The van der Waals surface area contributed by atoms with Crippen molar-refractivity contribution in [3.05, 3.63) is 46.8 Å². The Hall–Kier alpha value is -3.17. The number of aliphatic hydroxyl groups is 2. The molecule has 26 heavy (non-hydrogen) atoms. The van der Waals surface area contributed by atoms with E-state index in [9.17, 15) is 19.8 Å². The summed E-state index contributed by atoms with van der Waals surface area (Å²) in [5.41, 5.74) is 0.154. The molecule has 0 unspecified atom stereocenters. The SMILES string of the molecule is O=C(NCc1ccc2c(c1)OCO2)c1cnc(C(=O)CO)c(O)c1CO. The molecule has 0 radical (unpaired) electrons. The van der Waals surface area contributed by atoms with Crippen molar-refractivity contribution in [1.29, 1.82) is 0 Å². The van der Waals surface area contributed by atoms with E-state index in [-0.39, 0.29) is 24.5 Å². The molecule has 0 saturated heterocycles. The number of benzene rings is 1. The van der Waals surface area contributed by atoms with Gasteiger partial charge in [-0.15, -0.1) is 0 Å². The highest BCUT2D eigenvalue weighted by atomic mass is 16.7. The molecule has 9 nitrogen and oxygen atoms in total. The van der Waals surface area contributed by atoms with Gasteiger partial charge in [0.2, 0.25) is 12.6 Å². The summed E-state index contributed by atoms with van der Waals surface area (Å²) >= 11 is 0. The van der Waals surface area contributed by atoms with Crippen molar-refractivity contribution in [2.45, 2.75) is 13.2 Å². The first kappa shape index (κ1) is 17.6. The Balaban J connectivity index is 1.77. The predicted octanol–water partition coefficient (Wildman–Crippen LogP) is 0.113. The van der Waals surface area contributed by atoms with E-state index in [1.165, 1.54) is 0 Å². The molecule has 0 bridgehead atoms. The first-order valence-electron chi connectivity index (χ1n) is 7.67. The number of amides is 1. The van der Waals surface area contributed by atoms with E-state index in [0.717, 1.165) is 11.8 Å². The summed E-state index contributed by atoms with van der Waals surface area (Å²) in [4.78, 5) is 27.6. The molecular formula is C17H16N2O7. The molecule has 3 rings (SSSR count). The lowest BCUT2D eigenvalue weighted by atomic mass is 10.1. The molecule has 0 spiro atoms. The van der Waals surface area contributed by atoms with Crippen LogP contribution in [-0.4, -0.2) is 45.4 Å². The number of carbonyl (C=O) groups is 2. The molecule has 0 aliphatic carbocycles. The van der Waals surface area contributed by atoms with E-state index in [4.69, 9.17) is 14.6 Å². The molecule has 1 aromatic carbocycles. The molecular weight excluding hydrogens is 344 g/mol. The number of rotatable bonds is 6. The van der Waals surface area contributed by atoms with Gasteiger partial charge >= 0.3 is 0 Å². The lowest BCUT2D eigenvalue weighted by Gasteiger charge is -2.12. The maximum atomic E-state index is 12.4. The summed E-state index contributed by atoms with van der Waals surface area (Å²) in [6.45, 7) is -1.21. The highest BCUT2D eigenvalue weighted by Crippen LogP contribution is 2.32. The van der Waals surface area contributed by atoms with Gasteiger partial charge in [-0.05, 0) is 17.7 Å². The second-order valence-corrected chi connectivity index (χ2v) is 5.46. The summed E-state index contributed by atoms with van der Waals surface area (Å²) in [5, 5.41) is 31.0. The fraction of sp³-hybridized carbons (Fsp3) is 0.235. The Labute approximate surface area is 147 Å². The van der Waals surface area contributed by atoms with E-state index in [1.807, 2.05) is 0 Å². The first-order chi connectivity index (χ1) is 12.5. The van der Waals surface area contributed by atoms with Crippen molar-refractivity contribution >= 4 is 11.7 Å². The minimum Gasteiger partial charge on any atom is -0.505 e. The standard InChI is InChI=1S/C17H16N2O7/c20-6-11-10(5-18-15(16(11)23)12(22)7-21)17(24)19-4-9-1-2-13-14(3-9)26-8-25-13/h1-3,5,20-21,23H,4,6-8H2,(H,19,24). The summed E-state index contributed by atoms with van der Waals surface area (Å²) < 4.78 is 10.5. The van der Waals surface area contributed by atoms with Crippen molar-refractivity contribution < 1.29 is 34.4 Å². The van der Waals surface area contributed by atoms with Crippen LogP contribution in [0.25, 0.3) is 0 Å². The number of pyridine rings is 1. The number of hydrogen-bond donors (Lipinski definition) is 4. The Bertz CT molecular complexity index is 866. The molecule has 0 atom stereocenters. The number of nitrogens with zero attached hydrogens (tertiary/aromatic N) is 1. The predicted molar refractivity (Wildman–Crippen MR) is 87.0 cm³/mol. The van der Waals surface area contributed by atoms with Gasteiger partial charge in [0, 0.05) is 18.3 Å². The fourth-order valence-electron chi connectivity index (χ4n) is 2.50. The van der Waals surface area contributed by atoms with Crippen molar-refractivity contribution in [1.82, 2.24) is 10.3 Å². The molecule has 1 aliphatic heterocycles. The van der Waals surface area contributed by atoms with E-state index in [2.05, 4.69) is 10.3 Å². The van der Waals surface area contributed by atoms with Gasteiger partial charge in [-0.3, -0.25) is 9.59 Å². The molecule has 1 aromatic heterocycles. The van der Waals surface area contributed by atoms with Crippen molar-refractivity contribution in [2.24, 2.45) is 0 Å². The third-order valence-corrected chi connectivity index (χ3v) is 3.86. The average molecular weight is 360 g/mol. The third kappa shape index (κ3) is 3.30. The van der Waals surface area contributed by atoms with E-state index < -0.39 is 36.3 Å². The van der Waals surface area contributed by atoms with E-state index >= 15 is 0 Å². The molecule has 1 amide bonds. The second kappa shape index (κ2) is 7.38. The zero-order valence-corrected chi connectivity index (χ0v) is 13.6. The van der Waals surface area contributed by atoms with Crippen LogP contribution in [0.2, 0.25) is 0 Å². The van der Waals surface area contributed by atoms with Crippen LogP contribution in [0.4, 0.5) is 0 Å². The van der Waals surface area contributed by atoms with E-state index in [1.54, 1.807) is 18.2 Å². The van der Waals surface area contributed by atoms with Gasteiger partial charge in [0.15, 0.2) is 22.9 Å². The number of ether oxygens (including phenoxy) is 2. The zero-order chi connectivity index (χ0) is 18.7. The molecule has 0 fully saturated rings. The Morgan fingerprint density at radius 3 is 2.69 bits per heavy atom. The van der Waals surface area contributed by atoms with Crippen molar-refractivity contribution in [3.63, 3.8) is 0 Å². The van der Waals surface area contributed by atoms with Crippen LogP contribution >= 0.6 is 0 Å². The molecule has 4 N–H and O–H groups in total. The number of aromatic hydroxyl groups is 1. The van der Waals surface area contributed by atoms with Gasteiger partial charge in [-0.25, -0.2) is 4.98 Å². The normalized spacial score (nSPS) is 12.1. The van der Waals surface area contributed by atoms with Crippen LogP contribution in [0.1, 0.15) is 32.0 Å². The number of ketones is 1. The Morgan fingerprint density at radius 2 is 1.96 bits per heavy atom. The molecule has 2 heterocycles. The number of fused-ring (bicyclic) bond motifs is 1. The highest BCUT2D eigenvalue weighted by molar-refractivity contribution is 6.01. The fourth-order valence-corrected chi connectivity index (χ4v) is 2.50. The van der Waals surface area contributed by atoms with Crippen molar-refractivity contribution in [2.75, 3.05) is 13.4 Å². The minimum atomic E-state index is -0.846. The van der Waals surface area contributed by atoms with Crippen LogP contribution in [0.3, 0.4) is 0 Å². The van der Waals surface area contributed by atoms with Gasteiger partial charge in [0.05, 0.1) is 12.2 Å². The average Bonchev–Trinajstić information content (AvgIpc) is 3.13. The molecule has 2 aromatic rings. The largest absolute Gasteiger partial charge is 0.505 e. The molecule has 136 valence electrons. The van der Waals surface area contributed by atoms with Gasteiger partial charge in [0.25, 0.3) is 5.91 Å². The Kier molecular flexibility index (Phi) is 5.01. The quantitative estimate of drug-likeness (QED) is 0.533. The number of nitrogens with one attached hydrogen (secondary N) is 1. The molecule has 9 heteroatoms. The topological polar surface area (TPSA) is 138 Å². The summed E-state index contributed by atoms with van der Waals surface area (Å²) in [5.74, 6) is -0.816. The number of aromatic nitrogens is 1. The maximum Gasteiger partial charge on any atom is 0.253 e. The molecule has 1 aliphatic rings. The number of carbonyl (C=O) groups excluding carboxylic acids is 2. The van der Waals surface area contributed by atoms with Gasteiger partial charge in [-0.2, -0.15) is 0 Å². The number of aliphatic hydroxyl groups excluding tert-OH is 2. The first-order valence-corrected chi connectivity index (χ1v) is 7.67. The van der Waals surface area contributed by atoms with Crippen LogP contribution in [0, 0.1) is 0 Å². The third-order valence-electron chi connectivity index (χ3n) is 3.86. The maximum absolute atomic E-state index is 12.4. The van der Waals surface area contributed by atoms with Crippen LogP contribution in [0.15, 0.2) is 24.4 Å². The van der Waals surface area contributed by atoms with Crippen LogP contribution in [-0.2, 0) is 13.2 Å². The monoisotopic (exact) mass is 360 g/mol. The number of hydrogen-bond acceptors (Lipinski definition) is 8. The smallest absolute Gasteiger partial charge is 0.253 e. The summed E-state index contributed by atoms with van der Waals surface area (Å²) in [6.07, 6.45) is 1.07. The highest BCUT2D eigenvalue weighted by Gasteiger charge is 2.22. The van der Waals surface area contributed by atoms with Gasteiger partial charge < -0.3 is 30.1 Å². The van der Waals surface area contributed by atoms with Gasteiger partial charge in [0.1, 0.15) is 6.61 Å². The van der Waals surface area contributed by atoms with Crippen LogP contribution in [0.5, 0.6) is 17.2 Å². The zero-order valence-electron chi connectivity index (χ0n) is 13.6. The second-order valence-electron chi connectivity index (χ2n) is 5.46. The van der Waals surface area contributed by atoms with E-state index in [0.29, 0.717) is 11.5 Å². The summed E-state index contributed by atoms with van der Waals surface area (Å²) in [7, 11) is 0. The van der Waals surface area contributed by atoms with Gasteiger partial charge in [-0.1, -0.05) is 6.07 Å². The molecule has 0 saturated carbocycles. The van der Waals surface area contributed by atoms with Crippen LogP contribution < -0.4 is 14.8 Å². The minimum absolute atomic E-state index is 0.0692. The van der Waals surface area contributed by atoms with Crippen molar-refractivity contribution in [3.8, 4) is 17.2 Å². The lowest BCUT2D eigenvalue weighted by Crippen LogP contribution is -2.25.